The van der Waals surface area contributed by atoms with Gasteiger partial charge in [-0.1, -0.05) is 35.8 Å². The summed E-state index contributed by atoms with van der Waals surface area (Å²) in [5, 5.41) is 3.23. The quantitative estimate of drug-likeness (QED) is 0.728. The summed E-state index contributed by atoms with van der Waals surface area (Å²) in [7, 11) is 0. The van der Waals surface area contributed by atoms with Crippen LogP contribution >= 0.6 is 11.5 Å². The van der Waals surface area contributed by atoms with Gasteiger partial charge in [0.05, 0.1) is 10.1 Å². The summed E-state index contributed by atoms with van der Waals surface area (Å²) < 4.78 is 2.20. The van der Waals surface area contributed by atoms with Crippen molar-refractivity contribution in [3.05, 3.63) is 58.9 Å². The second-order valence-corrected chi connectivity index (χ2v) is 5.63. The van der Waals surface area contributed by atoms with E-state index in [9.17, 15) is 9.59 Å². The number of nitrogens with zero attached hydrogens (tertiary/aromatic N) is 1. The lowest BCUT2D eigenvalue weighted by molar-refractivity contribution is -0.116. The van der Waals surface area contributed by atoms with E-state index in [2.05, 4.69) is 5.32 Å². The number of aromatic nitrogens is 1. The number of nitrogens with two attached hydrogens (primary N) is 1. The Bertz CT molecular complexity index is 852. The van der Waals surface area contributed by atoms with Crippen molar-refractivity contribution in [3.63, 3.8) is 0 Å². The smallest absolute Gasteiger partial charge is 0.271 e. The van der Waals surface area contributed by atoms with Gasteiger partial charge < -0.3 is 11.1 Å². The number of benzene rings is 2. The van der Waals surface area contributed by atoms with Crippen molar-refractivity contribution in [2.75, 3.05) is 11.1 Å². The molecular formula is C15H13N3O2S. The Balaban J connectivity index is 1.85. The number of carbonyl (C=O) groups is 1. The first-order valence-electron chi connectivity index (χ1n) is 6.38. The standard InChI is InChI=1S/C15H13N3O2S/c16-11-7-4-8-12-14(11)15(20)18(21-12)9-13(19)17-10-5-2-1-3-6-10/h1-8H,9,16H2,(H,17,19). The molecule has 3 rings (SSSR count). The van der Waals surface area contributed by atoms with Crippen LogP contribution in [0.25, 0.3) is 10.1 Å². The molecule has 0 aliphatic rings. The number of nitrogen functional groups attached to an aromatic ring is 1. The normalized spacial score (nSPS) is 10.7. The molecule has 0 radical (unpaired) electrons. The molecule has 1 aromatic heterocycles. The maximum Gasteiger partial charge on any atom is 0.271 e. The molecule has 3 N–H and O–H groups in total. The van der Waals surface area contributed by atoms with E-state index in [-0.39, 0.29) is 18.0 Å². The van der Waals surface area contributed by atoms with E-state index in [0.717, 1.165) is 4.70 Å². The molecule has 0 fully saturated rings. The lowest BCUT2D eigenvalue weighted by atomic mass is 10.2. The van der Waals surface area contributed by atoms with Gasteiger partial charge in [-0.15, -0.1) is 0 Å². The van der Waals surface area contributed by atoms with Gasteiger partial charge in [-0.3, -0.25) is 13.5 Å². The van der Waals surface area contributed by atoms with Crippen LogP contribution in [0, 0.1) is 0 Å². The number of rotatable bonds is 3. The molecule has 106 valence electrons. The zero-order valence-corrected chi connectivity index (χ0v) is 11.9. The van der Waals surface area contributed by atoms with Crippen LogP contribution in [0.1, 0.15) is 0 Å². The van der Waals surface area contributed by atoms with Gasteiger partial charge in [-0.2, -0.15) is 0 Å². The number of anilines is 2. The lowest BCUT2D eigenvalue weighted by Crippen LogP contribution is -2.23. The monoisotopic (exact) mass is 299 g/mol. The zero-order valence-electron chi connectivity index (χ0n) is 11.1. The fraction of sp³-hybridized carbons (Fsp3) is 0.0667. The number of amides is 1. The largest absolute Gasteiger partial charge is 0.398 e. The first-order valence-corrected chi connectivity index (χ1v) is 7.16. The summed E-state index contributed by atoms with van der Waals surface area (Å²) in [5.41, 5.74) is 6.74. The number of hydrogen-bond donors (Lipinski definition) is 2. The van der Waals surface area contributed by atoms with Gasteiger partial charge in [0.25, 0.3) is 5.56 Å². The minimum absolute atomic E-state index is 0.0213. The summed E-state index contributed by atoms with van der Waals surface area (Å²) in [6.45, 7) is -0.0213. The molecule has 3 aromatic rings. The number of nitrogens with one attached hydrogen (secondary N) is 1. The molecule has 0 unspecified atom stereocenters. The van der Waals surface area contributed by atoms with Crippen LogP contribution in [-0.4, -0.2) is 9.86 Å². The Morgan fingerprint density at radius 1 is 1.14 bits per heavy atom. The predicted octanol–water partition coefficient (Wildman–Crippen LogP) is 2.28. The minimum Gasteiger partial charge on any atom is -0.398 e. The Labute approximate surface area is 124 Å². The first kappa shape index (κ1) is 13.4. The van der Waals surface area contributed by atoms with Crippen molar-refractivity contribution in [1.82, 2.24) is 3.96 Å². The molecule has 0 saturated heterocycles. The third-order valence-corrected chi connectivity index (χ3v) is 4.10. The van der Waals surface area contributed by atoms with Gasteiger partial charge in [0.15, 0.2) is 0 Å². The highest BCUT2D eigenvalue weighted by atomic mass is 32.1. The Morgan fingerprint density at radius 2 is 1.90 bits per heavy atom. The number of fused-ring (bicyclic) bond motifs is 1. The maximum atomic E-state index is 12.3. The van der Waals surface area contributed by atoms with Crippen molar-refractivity contribution < 1.29 is 4.79 Å². The fourth-order valence-electron chi connectivity index (χ4n) is 2.09. The highest BCUT2D eigenvalue weighted by molar-refractivity contribution is 7.14. The van der Waals surface area contributed by atoms with Crippen molar-refractivity contribution in [1.29, 1.82) is 0 Å². The average molecular weight is 299 g/mol. The van der Waals surface area contributed by atoms with Gasteiger partial charge in [-0.05, 0) is 24.3 Å². The molecule has 0 spiro atoms. The zero-order chi connectivity index (χ0) is 14.8. The molecule has 5 nitrogen and oxygen atoms in total. The van der Waals surface area contributed by atoms with Crippen LogP contribution in [0.2, 0.25) is 0 Å². The van der Waals surface area contributed by atoms with E-state index >= 15 is 0 Å². The first-order chi connectivity index (χ1) is 10.1. The van der Waals surface area contributed by atoms with Gasteiger partial charge in [0, 0.05) is 11.4 Å². The molecule has 0 atom stereocenters. The molecule has 0 aliphatic heterocycles. The van der Waals surface area contributed by atoms with E-state index in [1.807, 2.05) is 24.3 Å². The molecule has 1 heterocycles. The molecule has 0 saturated carbocycles. The van der Waals surface area contributed by atoms with E-state index in [1.54, 1.807) is 24.3 Å². The third-order valence-electron chi connectivity index (χ3n) is 3.05. The summed E-state index contributed by atoms with van der Waals surface area (Å²) in [5.74, 6) is -0.242. The van der Waals surface area contributed by atoms with Crippen molar-refractivity contribution in [2.45, 2.75) is 6.54 Å². The summed E-state index contributed by atoms with van der Waals surface area (Å²) in [4.78, 5) is 24.3. The van der Waals surface area contributed by atoms with Crippen LogP contribution < -0.4 is 16.6 Å². The van der Waals surface area contributed by atoms with Gasteiger partial charge >= 0.3 is 0 Å². The van der Waals surface area contributed by atoms with Crippen LogP contribution in [0.15, 0.2) is 53.3 Å². The lowest BCUT2D eigenvalue weighted by Gasteiger charge is -2.04. The van der Waals surface area contributed by atoms with E-state index in [1.165, 1.54) is 15.5 Å². The van der Waals surface area contributed by atoms with Gasteiger partial charge in [0.2, 0.25) is 5.91 Å². The summed E-state index contributed by atoms with van der Waals surface area (Å²) in [6.07, 6.45) is 0. The third kappa shape index (κ3) is 2.66. The van der Waals surface area contributed by atoms with Crippen molar-refractivity contribution >= 4 is 38.9 Å². The highest BCUT2D eigenvalue weighted by Gasteiger charge is 2.12. The van der Waals surface area contributed by atoms with Gasteiger partial charge in [0.1, 0.15) is 6.54 Å². The van der Waals surface area contributed by atoms with Crippen LogP contribution in [0.3, 0.4) is 0 Å². The van der Waals surface area contributed by atoms with E-state index < -0.39 is 0 Å². The molecule has 1 amide bonds. The second-order valence-electron chi connectivity index (χ2n) is 4.57. The van der Waals surface area contributed by atoms with E-state index in [0.29, 0.717) is 16.8 Å². The highest BCUT2D eigenvalue weighted by Crippen LogP contribution is 2.21. The van der Waals surface area contributed by atoms with E-state index in [4.69, 9.17) is 5.73 Å². The van der Waals surface area contributed by atoms with Crippen LogP contribution in [0.4, 0.5) is 11.4 Å². The number of carbonyl (C=O) groups excluding carboxylic acids is 1. The average Bonchev–Trinajstić information content (AvgIpc) is 2.77. The molecule has 21 heavy (non-hydrogen) atoms. The maximum absolute atomic E-state index is 12.3. The summed E-state index contributed by atoms with van der Waals surface area (Å²) >= 11 is 1.24. The SMILES string of the molecule is Nc1cccc2sn(CC(=O)Nc3ccccc3)c(=O)c12. The van der Waals surface area contributed by atoms with Crippen LogP contribution in [0.5, 0.6) is 0 Å². The predicted molar refractivity (Wildman–Crippen MR) is 85.6 cm³/mol. The molecular weight excluding hydrogens is 286 g/mol. The fourth-order valence-corrected chi connectivity index (χ4v) is 3.12. The molecule has 0 aliphatic carbocycles. The molecule has 6 heteroatoms. The Kier molecular flexibility index (Phi) is 3.45. The minimum atomic E-state index is -0.242. The topological polar surface area (TPSA) is 77.1 Å². The molecule has 0 bridgehead atoms. The Morgan fingerprint density at radius 3 is 2.62 bits per heavy atom. The molecule has 2 aromatic carbocycles. The number of hydrogen-bond acceptors (Lipinski definition) is 4. The van der Waals surface area contributed by atoms with Crippen LogP contribution in [-0.2, 0) is 11.3 Å². The van der Waals surface area contributed by atoms with Gasteiger partial charge in [-0.25, -0.2) is 0 Å². The van der Waals surface area contributed by atoms with Crippen molar-refractivity contribution in [2.24, 2.45) is 0 Å². The Hall–Kier alpha value is -2.60. The second kappa shape index (κ2) is 5.41. The summed E-state index contributed by atoms with van der Waals surface area (Å²) in [6, 6.07) is 14.4. The number of para-hydroxylation sites is 1. The van der Waals surface area contributed by atoms with Crippen molar-refractivity contribution in [3.8, 4) is 0 Å².